The lowest BCUT2D eigenvalue weighted by molar-refractivity contribution is -0.137. The number of para-hydroxylation sites is 1. The van der Waals surface area contributed by atoms with Crippen LogP contribution in [-0.4, -0.2) is 6.04 Å². The summed E-state index contributed by atoms with van der Waals surface area (Å²) in [6.07, 6.45) is 1.93. The van der Waals surface area contributed by atoms with Crippen LogP contribution in [-0.2, 0) is 6.18 Å². The molecule has 132 valence electrons. The van der Waals surface area contributed by atoms with Crippen molar-refractivity contribution in [2.75, 3.05) is 5.32 Å². The number of hydrogen-bond donors (Lipinski definition) is 1. The third-order valence-corrected chi connectivity index (χ3v) is 4.86. The number of anilines is 1. The quantitative estimate of drug-likeness (QED) is 0.679. The predicted molar refractivity (Wildman–Crippen MR) is 97.3 cm³/mol. The summed E-state index contributed by atoms with van der Waals surface area (Å²) in [5.41, 5.74) is 1.33. The normalized spacial score (nSPS) is 23.9. The Labute approximate surface area is 148 Å². The highest BCUT2D eigenvalue weighted by Crippen LogP contribution is 2.35. The van der Waals surface area contributed by atoms with Gasteiger partial charge in [0.15, 0.2) is 0 Å². The number of alkyl halides is 3. The van der Waals surface area contributed by atoms with Crippen LogP contribution < -0.4 is 5.32 Å². The van der Waals surface area contributed by atoms with Gasteiger partial charge in [-0.3, -0.25) is 0 Å². The first-order chi connectivity index (χ1) is 11.9. The van der Waals surface area contributed by atoms with E-state index in [9.17, 15) is 13.2 Å². The van der Waals surface area contributed by atoms with E-state index in [0.29, 0.717) is 17.9 Å². The average molecular weight is 346 g/mol. The molecule has 4 heteroatoms. The molecule has 0 spiro atoms. The van der Waals surface area contributed by atoms with Crippen LogP contribution in [0.1, 0.15) is 32.3 Å². The van der Waals surface area contributed by atoms with Gasteiger partial charge in [-0.1, -0.05) is 49.4 Å². The van der Waals surface area contributed by atoms with E-state index in [-0.39, 0.29) is 1.43 Å². The summed E-state index contributed by atoms with van der Waals surface area (Å²) < 4.78 is 37.8. The van der Waals surface area contributed by atoms with Crippen LogP contribution >= 0.6 is 0 Å². The molecule has 3 atom stereocenters. The molecule has 0 aromatic heterocycles. The van der Waals surface area contributed by atoms with Crippen LogP contribution in [0.2, 0.25) is 0 Å². The molecule has 0 saturated heterocycles. The van der Waals surface area contributed by atoms with Crippen molar-refractivity contribution in [3.63, 3.8) is 0 Å². The Morgan fingerprint density at radius 2 is 1.68 bits per heavy atom. The van der Waals surface area contributed by atoms with Crippen molar-refractivity contribution >= 4 is 11.8 Å². The molecular weight excluding hydrogens is 323 g/mol. The topological polar surface area (TPSA) is 12.0 Å². The Bertz CT molecular complexity index is 710. The summed E-state index contributed by atoms with van der Waals surface area (Å²) in [5.74, 6) is 0.982. The van der Waals surface area contributed by atoms with E-state index in [1.165, 1.54) is 12.1 Å². The summed E-state index contributed by atoms with van der Waals surface area (Å²) >= 11 is 0. The Kier molecular flexibility index (Phi) is 5.16. The molecule has 1 aliphatic carbocycles. The maximum Gasteiger partial charge on any atom is 1.00 e. The molecule has 0 aliphatic heterocycles. The van der Waals surface area contributed by atoms with E-state index in [0.717, 1.165) is 36.2 Å². The highest BCUT2D eigenvalue weighted by Gasteiger charge is 2.30. The Morgan fingerprint density at radius 3 is 2.32 bits per heavy atom. The number of hydrogen-bond acceptors (Lipinski definition) is 1. The van der Waals surface area contributed by atoms with Crippen molar-refractivity contribution in [3.05, 3.63) is 71.8 Å². The van der Waals surface area contributed by atoms with Crippen LogP contribution in [0.3, 0.4) is 0 Å². The minimum absolute atomic E-state index is 0. The molecule has 0 amide bonds. The van der Waals surface area contributed by atoms with Crippen LogP contribution in [0.5, 0.6) is 0 Å². The highest BCUT2D eigenvalue weighted by molar-refractivity contribution is 5.50. The van der Waals surface area contributed by atoms with Crippen LogP contribution in [0.25, 0.3) is 6.08 Å². The molecule has 0 radical (unpaired) electrons. The summed E-state index contributed by atoms with van der Waals surface area (Å²) in [4.78, 5) is 0. The highest BCUT2D eigenvalue weighted by atomic mass is 19.4. The van der Waals surface area contributed by atoms with Crippen molar-refractivity contribution in [2.24, 2.45) is 11.8 Å². The molecule has 3 unspecified atom stereocenters. The Hall–Kier alpha value is -2.23. The molecule has 25 heavy (non-hydrogen) atoms. The van der Waals surface area contributed by atoms with Crippen molar-refractivity contribution in [1.82, 2.24) is 0 Å². The fourth-order valence-electron chi connectivity index (χ4n) is 3.45. The maximum atomic E-state index is 12.6. The standard InChI is InChI=1S/C21H22F3N/c1-15-13-20(25-19-5-3-2-4-6-19)14-17(15)10-7-16-8-11-18(12-9-16)21(22,23)24/h2-12,15,17,20,25H,13-14H2,1H3/p+1. The van der Waals surface area contributed by atoms with Gasteiger partial charge in [0.1, 0.15) is 0 Å². The second-order valence-electron chi connectivity index (χ2n) is 6.80. The van der Waals surface area contributed by atoms with Crippen molar-refractivity contribution in [3.8, 4) is 0 Å². The van der Waals surface area contributed by atoms with Gasteiger partial charge in [-0.15, -0.1) is 0 Å². The van der Waals surface area contributed by atoms with Gasteiger partial charge in [0.2, 0.25) is 0 Å². The van der Waals surface area contributed by atoms with Gasteiger partial charge in [0.05, 0.1) is 5.56 Å². The predicted octanol–water partition coefficient (Wildman–Crippen LogP) is 6.36. The molecule has 1 nitrogen and oxygen atoms in total. The van der Waals surface area contributed by atoms with Gasteiger partial charge < -0.3 is 5.32 Å². The molecule has 1 saturated carbocycles. The molecule has 0 heterocycles. The zero-order chi connectivity index (χ0) is 17.9. The first kappa shape index (κ1) is 17.6. The largest absolute Gasteiger partial charge is 1.00 e. The van der Waals surface area contributed by atoms with E-state index >= 15 is 0 Å². The van der Waals surface area contributed by atoms with E-state index in [1.807, 2.05) is 24.3 Å². The molecule has 2 aromatic carbocycles. The van der Waals surface area contributed by atoms with E-state index in [2.05, 4.69) is 30.4 Å². The van der Waals surface area contributed by atoms with E-state index < -0.39 is 11.7 Å². The second-order valence-corrected chi connectivity index (χ2v) is 6.80. The fourth-order valence-corrected chi connectivity index (χ4v) is 3.45. The molecule has 1 aliphatic rings. The summed E-state index contributed by atoms with van der Waals surface area (Å²) in [6, 6.07) is 15.9. The number of halogens is 3. The number of rotatable bonds is 4. The fraction of sp³-hybridized carbons (Fsp3) is 0.333. The minimum Gasteiger partial charge on any atom is -0.382 e. The second kappa shape index (κ2) is 7.34. The number of nitrogens with one attached hydrogen (secondary N) is 1. The van der Waals surface area contributed by atoms with Gasteiger partial charge in [-0.05, 0) is 54.5 Å². The first-order valence-electron chi connectivity index (χ1n) is 8.59. The first-order valence-corrected chi connectivity index (χ1v) is 8.59. The third-order valence-electron chi connectivity index (χ3n) is 4.86. The maximum absolute atomic E-state index is 12.6. The molecule has 0 bridgehead atoms. The monoisotopic (exact) mass is 346 g/mol. The van der Waals surface area contributed by atoms with E-state index in [4.69, 9.17) is 0 Å². The Morgan fingerprint density at radius 1 is 1.00 bits per heavy atom. The lowest BCUT2D eigenvalue weighted by atomic mass is 9.97. The molecule has 3 rings (SSSR count). The van der Waals surface area contributed by atoms with Gasteiger partial charge in [0, 0.05) is 11.7 Å². The third kappa shape index (κ3) is 4.65. The lowest BCUT2D eigenvalue weighted by Gasteiger charge is -2.13. The number of benzene rings is 2. The van der Waals surface area contributed by atoms with Gasteiger partial charge in [-0.2, -0.15) is 13.2 Å². The van der Waals surface area contributed by atoms with Gasteiger partial charge >= 0.3 is 7.60 Å². The zero-order valence-electron chi connectivity index (χ0n) is 15.1. The van der Waals surface area contributed by atoms with Crippen LogP contribution in [0.15, 0.2) is 60.7 Å². The van der Waals surface area contributed by atoms with Crippen LogP contribution in [0, 0.1) is 11.8 Å². The average Bonchev–Trinajstić information content (AvgIpc) is 2.93. The SMILES string of the molecule is CC1CC(Nc2ccccc2)CC1C=Cc1ccc(C(F)(F)F)cc1.[H+]. The van der Waals surface area contributed by atoms with Gasteiger partial charge in [-0.25, -0.2) is 0 Å². The lowest BCUT2D eigenvalue weighted by Crippen LogP contribution is -2.15. The zero-order valence-corrected chi connectivity index (χ0v) is 14.1. The summed E-state index contributed by atoms with van der Waals surface area (Å²) in [7, 11) is 0. The van der Waals surface area contributed by atoms with Crippen molar-refractivity contribution < 1.29 is 14.6 Å². The summed E-state index contributed by atoms with van der Waals surface area (Å²) in [5, 5.41) is 3.56. The molecule has 1 fully saturated rings. The minimum atomic E-state index is -4.28. The molecule has 1 N–H and O–H groups in total. The Balaban J connectivity index is 0.00000243. The van der Waals surface area contributed by atoms with E-state index in [1.54, 1.807) is 0 Å². The smallest absolute Gasteiger partial charge is 0.382 e. The summed E-state index contributed by atoms with van der Waals surface area (Å²) in [6.45, 7) is 2.23. The van der Waals surface area contributed by atoms with Crippen LogP contribution in [0.4, 0.5) is 18.9 Å². The number of allylic oxidation sites excluding steroid dienone is 1. The molecular formula is C21H23F3N+. The molecule has 2 aromatic rings. The van der Waals surface area contributed by atoms with Crippen molar-refractivity contribution in [2.45, 2.75) is 32.0 Å². The van der Waals surface area contributed by atoms with Gasteiger partial charge in [0.25, 0.3) is 0 Å². The van der Waals surface area contributed by atoms with Crippen molar-refractivity contribution in [1.29, 1.82) is 0 Å².